The van der Waals surface area contributed by atoms with E-state index in [1.54, 1.807) is 18.9 Å². The van der Waals surface area contributed by atoms with Gasteiger partial charge in [-0.05, 0) is 63.6 Å². The zero-order valence-electron chi connectivity index (χ0n) is 16.9. The van der Waals surface area contributed by atoms with E-state index in [9.17, 15) is 14.4 Å². The summed E-state index contributed by atoms with van der Waals surface area (Å²) in [6.07, 6.45) is 4.14. The Morgan fingerprint density at radius 2 is 1.96 bits per heavy atom. The number of hydrogen-bond acceptors (Lipinski definition) is 4. The van der Waals surface area contributed by atoms with Crippen molar-refractivity contribution in [3.05, 3.63) is 29.8 Å². The first-order valence-corrected chi connectivity index (χ1v) is 9.90. The number of imide groups is 1. The number of hydrogen-bond donors (Lipinski definition) is 1. The highest BCUT2D eigenvalue weighted by Gasteiger charge is 2.48. The van der Waals surface area contributed by atoms with Crippen LogP contribution in [-0.4, -0.2) is 59.4 Å². The van der Waals surface area contributed by atoms with Crippen LogP contribution >= 0.6 is 0 Å². The van der Waals surface area contributed by atoms with Gasteiger partial charge < -0.3 is 15.0 Å². The summed E-state index contributed by atoms with van der Waals surface area (Å²) in [5.41, 5.74) is 0.0610. The molecule has 7 heteroatoms. The Morgan fingerprint density at radius 3 is 2.61 bits per heavy atom. The number of likely N-dealkylation sites (tertiary alicyclic amines) is 1. The van der Waals surface area contributed by atoms with Crippen molar-refractivity contribution in [3.63, 3.8) is 0 Å². The second kappa shape index (κ2) is 8.20. The molecule has 1 N–H and O–H groups in total. The summed E-state index contributed by atoms with van der Waals surface area (Å²) in [6.45, 7) is 4.25. The molecule has 4 amide bonds. The van der Waals surface area contributed by atoms with Crippen molar-refractivity contribution >= 4 is 17.8 Å². The second-order valence-electron chi connectivity index (χ2n) is 7.93. The molecule has 2 aliphatic heterocycles. The van der Waals surface area contributed by atoms with E-state index >= 15 is 0 Å². The van der Waals surface area contributed by atoms with Crippen LogP contribution in [0.15, 0.2) is 24.3 Å². The molecule has 3 rings (SSSR count). The zero-order chi connectivity index (χ0) is 20.3. The first-order valence-electron chi connectivity index (χ1n) is 9.90. The van der Waals surface area contributed by atoms with E-state index in [-0.39, 0.29) is 24.4 Å². The quantitative estimate of drug-likeness (QED) is 0.760. The molecular weight excluding hydrogens is 358 g/mol. The van der Waals surface area contributed by atoms with Crippen LogP contribution in [0, 0.1) is 0 Å². The molecule has 0 bridgehead atoms. The average Bonchev–Trinajstić information content (AvgIpc) is 2.90. The number of nitrogens with zero attached hydrogens (tertiary/aromatic N) is 2. The van der Waals surface area contributed by atoms with Crippen molar-refractivity contribution in [2.45, 2.75) is 57.5 Å². The third-order valence-corrected chi connectivity index (χ3v) is 5.83. The normalized spacial score (nSPS) is 25.0. The van der Waals surface area contributed by atoms with Gasteiger partial charge in [0.25, 0.3) is 5.91 Å². The molecule has 1 aromatic carbocycles. The second-order valence-corrected chi connectivity index (χ2v) is 7.93. The maximum Gasteiger partial charge on any atom is 0.325 e. The fraction of sp³-hybridized carbons (Fsp3) is 0.571. The standard InChI is InChI=1S/C21H29N3O4/c1-15-6-4-5-13-23(15)18(25)14-24-19(26)21(2,22-20(24)27)12-11-16-7-9-17(28-3)10-8-16/h7-10,15H,4-6,11-14H2,1-3H3,(H,22,27)/t15-,21+/m0/s1. The van der Waals surface area contributed by atoms with Crippen LogP contribution in [0.1, 0.15) is 45.1 Å². The minimum absolute atomic E-state index is 0.156. The van der Waals surface area contributed by atoms with Crippen molar-refractivity contribution in [2.24, 2.45) is 0 Å². The molecule has 7 nitrogen and oxygen atoms in total. The molecule has 0 aliphatic carbocycles. The lowest BCUT2D eigenvalue weighted by atomic mass is 9.93. The molecule has 0 spiro atoms. The van der Waals surface area contributed by atoms with Crippen LogP contribution in [-0.2, 0) is 16.0 Å². The van der Waals surface area contributed by atoms with Crippen molar-refractivity contribution in [1.29, 1.82) is 0 Å². The molecule has 0 aromatic heterocycles. The lowest BCUT2D eigenvalue weighted by molar-refractivity contribution is -0.140. The van der Waals surface area contributed by atoms with E-state index in [2.05, 4.69) is 5.32 Å². The van der Waals surface area contributed by atoms with Crippen molar-refractivity contribution in [3.8, 4) is 5.75 Å². The molecule has 2 atom stereocenters. The summed E-state index contributed by atoms with van der Waals surface area (Å²) >= 11 is 0. The number of carbonyl (C=O) groups excluding carboxylic acids is 3. The first kappa shape index (κ1) is 20.2. The Bertz CT molecular complexity index is 749. The van der Waals surface area contributed by atoms with Gasteiger partial charge in [0.1, 0.15) is 17.8 Å². The van der Waals surface area contributed by atoms with Crippen LogP contribution < -0.4 is 10.1 Å². The van der Waals surface area contributed by atoms with Gasteiger partial charge in [0, 0.05) is 12.6 Å². The van der Waals surface area contributed by atoms with E-state index in [0.717, 1.165) is 35.5 Å². The monoisotopic (exact) mass is 387 g/mol. The maximum absolute atomic E-state index is 12.9. The van der Waals surface area contributed by atoms with Crippen LogP contribution in [0.4, 0.5) is 4.79 Å². The van der Waals surface area contributed by atoms with Crippen LogP contribution in [0.25, 0.3) is 0 Å². The van der Waals surface area contributed by atoms with Crippen LogP contribution in [0.2, 0.25) is 0 Å². The largest absolute Gasteiger partial charge is 0.497 e. The number of amides is 4. The molecule has 2 heterocycles. The molecule has 2 saturated heterocycles. The van der Waals surface area contributed by atoms with Gasteiger partial charge in [0.15, 0.2) is 0 Å². The van der Waals surface area contributed by atoms with Crippen molar-refractivity contribution in [1.82, 2.24) is 15.1 Å². The summed E-state index contributed by atoms with van der Waals surface area (Å²) in [7, 11) is 1.61. The minimum Gasteiger partial charge on any atom is -0.497 e. The van der Waals surface area contributed by atoms with Gasteiger partial charge in [0.2, 0.25) is 5.91 Å². The number of rotatable bonds is 6. The zero-order valence-corrected chi connectivity index (χ0v) is 16.9. The first-order chi connectivity index (χ1) is 13.3. The number of piperidine rings is 1. The Morgan fingerprint density at radius 1 is 1.25 bits per heavy atom. The Balaban J connectivity index is 1.61. The molecule has 28 heavy (non-hydrogen) atoms. The SMILES string of the molecule is COc1ccc(CC[C@@]2(C)NC(=O)N(CC(=O)N3CCCC[C@@H]3C)C2=O)cc1. The van der Waals surface area contributed by atoms with Gasteiger partial charge in [-0.2, -0.15) is 0 Å². The predicted molar refractivity (Wildman–Crippen MR) is 105 cm³/mol. The molecule has 2 aliphatic rings. The molecule has 0 saturated carbocycles. The summed E-state index contributed by atoms with van der Waals surface area (Å²) in [5, 5.41) is 2.78. The third kappa shape index (κ3) is 4.13. The van der Waals surface area contributed by atoms with E-state index in [1.807, 2.05) is 31.2 Å². The van der Waals surface area contributed by atoms with E-state index < -0.39 is 11.6 Å². The van der Waals surface area contributed by atoms with Gasteiger partial charge in [-0.15, -0.1) is 0 Å². The topological polar surface area (TPSA) is 79.0 Å². The number of methoxy groups -OCH3 is 1. The molecular formula is C21H29N3O4. The molecule has 0 radical (unpaired) electrons. The highest BCUT2D eigenvalue weighted by molar-refractivity contribution is 6.08. The molecule has 1 aromatic rings. The fourth-order valence-electron chi connectivity index (χ4n) is 3.94. The highest BCUT2D eigenvalue weighted by Crippen LogP contribution is 2.25. The maximum atomic E-state index is 12.9. The van der Waals surface area contributed by atoms with E-state index in [0.29, 0.717) is 19.4 Å². The van der Waals surface area contributed by atoms with Crippen molar-refractivity contribution in [2.75, 3.05) is 20.2 Å². The lowest BCUT2D eigenvalue weighted by Gasteiger charge is -2.34. The number of urea groups is 1. The average molecular weight is 387 g/mol. The number of nitrogens with one attached hydrogen (secondary N) is 1. The highest BCUT2D eigenvalue weighted by atomic mass is 16.5. The van der Waals surface area contributed by atoms with Crippen molar-refractivity contribution < 1.29 is 19.1 Å². The summed E-state index contributed by atoms with van der Waals surface area (Å²) in [4.78, 5) is 40.8. The number of carbonyl (C=O) groups is 3. The summed E-state index contributed by atoms with van der Waals surface area (Å²) < 4.78 is 5.15. The molecule has 152 valence electrons. The van der Waals surface area contributed by atoms with Gasteiger partial charge in [-0.3, -0.25) is 14.5 Å². The van der Waals surface area contributed by atoms with Crippen LogP contribution in [0.3, 0.4) is 0 Å². The Hall–Kier alpha value is -2.57. The van der Waals surface area contributed by atoms with Gasteiger partial charge in [-0.1, -0.05) is 12.1 Å². The smallest absolute Gasteiger partial charge is 0.325 e. The fourth-order valence-corrected chi connectivity index (χ4v) is 3.94. The minimum atomic E-state index is -0.995. The number of ether oxygens (including phenoxy) is 1. The number of aryl methyl sites for hydroxylation is 1. The number of benzene rings is 1. The third-order valence-electron chi connectivity index (χ3n) is 5.83. The van der Waals surface area contributed by atoms with Gasteiger partial charge >= 0.3 is 6.03 Å². The Kier molecular flexibility index (Phi) is 5.91. The molecule has 2 fully saturated rings. The van der Waals surface area contributed by atoms with Crippen LogP contribution in [0.5, 0.6) is 5.75 Å². The predicted octanol–water partition coefficient (Wildman–Crippen LogP) is 2.34. The van der Waals surface area contributed by atoms with Gasteiger partial charge in [0.05, 0.1) is 7.11 Å². The summed E-state index contributed by atoms with van der Waals surface area (Å²) in [5.74, 6) is 0.288. The van der Waals surface area contributed by atoms with E-state index in [4.69, 9.17) is 4.74 Å². The Labute approximate surface area is 166 Å². The molecule has 0 unspecified atom stereocenters. The van der Waals surface area contributed by atoms with Gasteiger partial charge in [-0.25, -0.2) is 4.79 Å². The summed E-state index contributed by atoms with van der Waals surface area (Å²) in [6, 6.07) is 7.31. The van der Waals surface area contributed by atoms with E-state index in [1.165, 1.54) is 0 Å². The lowest BCUT2D eigenvalue weighted by Crippen LogP contribution is -2.49.